The Morgan fingerprint density at radius 1 is 1.06 bits per heavy atom. The molecule has 3 heterocycles. The molecule has 0 atom stereocenters. The highest BCUT2D eigenvalue weighted by molar-refractivity contribution is 6.00. The minimum absolute atomic E-state index is 0.122. The van der Waals surface area contributed by atoms with Crippen LogP contribution in [-0.4, -0.2) is 49.3 Å². The zero-order valence-corrected chi connectivity index (χ0v) is 19.4. The molecule has 0 unspecified atom stereocenters. The van der Waals surface area contributed by atoms with E-state index in [-0.39, 0.29) is 17.6 Å². The number of rotatable bonds is 6. The van der Waals surface area contributed by atoms with Gasteiger partial charge in [0.05, 0.1) is 46.0 Å². The van der Waals surface area contributed by atoms with Gasteiger partial charge in [0.1, 0.15) is 12.6 Å². The Bertz CT molecular complexity index is 1420. The van der Waals surface area contributed by atoms with Gasteiger partial charge < -0.3 is 21.1 Å². The molecule has 3 aromatic heterocycles. The van der Waals surface area contributed by atoms with E-state index < -0.39 is 12.0 Å². The van der Waals surface area contributed by atoms with Crippen LogP contribution in [0.2, 0.25) is 0 Å². The van der Waals surface area contributed by atoms with Gasteiger partial charge in [-0.15, -0.1) is 0 Å². The molecule has 36 heavy (non-hydrogen) atoms. The molecule has 2 bridgehead atoms. The molecule has 4 N–H and O–H groups in total. The molecule has 0 saturated heterocycles. The Labute approximate surface area is 206 Å². The molecule has 2 amide bonds. The zero-order valence-electron chi connectivity index (χ0n) is 19.4. The van der Waals surface area contributed by atoms with E-state index in [1.54, 1.807) is 10.6 Å². The van der Waals surface area contributed by atoms with Gasteiger partial charge in [-0.05, 0) is 62.8 Å². The molecule has 11 heteroatoms. The number of pyridine rings is 1. The number of fused-ring (bicyclic) bond motifs is 4. The number of carbonyl (C=O) groups excluding carboxylic acids is 1. The summed E-state index contributed by atoms with van der Waals surface area (Å²) in [5.74, 6) is -0.403. The second-order valence-corrected chi connectivity index (χ2v) is 9.48. The van der Waals surface area contributed by atoms with E-state index in [4.69, 9.17) is 10.5 Å². The monoisotopic (exact) mass is 484 g/mol. The minimum atomic E-state index is -0.998. The molecular formula is C25H24N8O3. The van der Waals surface area contributed by atoms with E-state index in [0.29, 0.717) is 47.5 Å². The molecular weight excluding hydrogens is 460 g/mol. The molecule has 182 valence electrons. The summed E-state index contributed by atoms with van der Waals surface area (Å²) in [7, 11) is 0. The maximum Gasteiger partial charge on any atom is 0.405 e. The first-order valence-corrected chi connectivity index (χ1v) is 11.7. The number of nitriles is 2. The number of aromatic nitrogens is 3. The summed E-state index contributed by atoms with van der Waals surface area (Å²) in [6.07, 6.45) is 6.41. The number of carboxylic acid groups (broad SMARTS) is 1. The first kappa shape index (κ1) is 23.1. The number of amides is 2. The third-order valence-corrected chi connectivity index (χ3v) is 7.39. The first-order valence-electron chi connectivity index (χ1n) is 11.7. The number of nitrogens with one attached hydrogen (secondary N) is 3. The van der Waals surface area contributed by atoms with Crippen molar-refractivity contribution in [1.29, 1.82) is 10.5 Å². The van der Waals surface area contributed by atoms with Crippen molar-refractivity contribution in [2.75, 3.05) is 11.9 Å². The lowest BCUT2D eigenvalue weighted by molar-refractivity contribution is 0.0884. The summed E-state index contributed by atoms with van der Waals surface area (Å²) in [5.41, 5.74) is 2.77. The maximum absolute atomic E-state index is 12.9. The molecule has 0 spiro atoms. The van der Waals surface area contributed by atoms with E-state index in [9.17, 15) is 14.7 Å². The third-order valence-electron chi connectivity index (χ3n) is 7.39. The fraction of sp³-hybridized carbons (Fsp3) is 0.360. The molecule has 0 radical (unpaired) electrons. The van der Waals surface area contributed by atoms with E-state index in [2.05, 4.69) is 32.1 Å². The Morgan fingerprint density at radius 2 is 1.78 bits per heavy atom. The van der Waals surface area contributed by atoms with Gasteiger partial charge in [0.2, 0.25) is 0 Å². The topological polar surface area (TPSA) is 168 Å². The standard InChI is InChI=1S/C25H24N8O3/c26-9-10-28-22(34)18-15-29-20(21-2-1-17-11-16(13-27)14-30-33(17)21)12-19(18)31-24-3-6-25(7-4-24,8-5-24)32-23(35)36/h1-2,11-12,14-15,32H,3-8,10H2,(H,28,34)(H,29,31)(H,35,36). The van der Waals surface area contributed by atoms with E-state index in [1.165, 1.54) is 12.4 Å². The number of hydrogen-bond acceptors (Lipinski definition) is 7. The van der Waals surface area contributed by atoms with Crippen LogP contribution in [0.4, 0.5) is 10.5 Å². The summed E-state index contributed by atoms with van der Waals surface area (Å²) < 4.78 is 1.69. The highest BCUT2D eigenvalue weighted by Crippen LogP contribution is 2.48. The van der Waals surface area contributed by atoms with E-state index in [0.717, 1.165) is 24.8 Å². The predicted molar refractivity (Wildman–Crippen MR) is 129 cm³/mol. The van der Waals surface area contributed by atoms with Gasteiger partial charge in [-0.2, -0.15) is 15.6 Å². The quantitative estimate of drug-likeness (QED) is 0.387. The summed E-state index contributed by atoms with van der Waals surface area (Å²) in [6, 6.07) is 11.2. The van der Waals surface area contributed by atoms with Crippen molar-refractivity contribution >= 4 is 23.2 Å². The average Bonchev–Trinajstić information content (AvgIpc) is 3.31. The third kappa shape index (κ3) is 4.16. The van der Waals surface area contributed by atoms with Crippen molar-refractivity contribution in [2.24, 2.45) is 0 Å². The van der Waals surface area contributed by atoms with Gasteiger partial charge in [-0.1, -0.05) is 0 Å². The van der Waals surface area contributed by atoms with Crippen LogP contribution in [0, 0.1) is 22.7 Å². The van der Waals surface area contributed by atoms with E-state index in [1.807, 2.05) is 24.3 Å². The van der Waals surface area contributed by atoms with Crippen LogP contribution in [0.1, 0.15) is 54.4 Å². The fourth-order valence-corrected chi connectivity index (χ4v) is 5.42. The lowest BCUT2D eigenvalue weighted by Gasteiger charge is -2.54. The molecule has 0 aliphatic heterocycles. The predicted octanol–water partition coefficient (Wildman–Crippen LogP) is 3.05. The van der Waals surface area contributed by atoms with Crippen LogP contribution in [0.25, 0.3) is 16.9 Å². The number of anilines is 1. The summed E-state index contributed by atoms with van der Waals surface area (Å²) in [5, 5.41) is 40.6. The van der Waals surface area contributed by atoms with Crippen molar-refractivity contribution in [3.8, 4) is 23.5 Å². The largest absolute Gasteiger partial charge is 0.465 e. The maximum atomic E-state index is 12.9. The Morgan fingerprint density at radius 3 is 2.44 bits per heavy atom. The Balaban J connectivity index is 1.49. The van der Waals surface area contributed by atoms with Gasteiger partial charge in [0.15, 0.2) is 0 Å². The number of carbonyl (C=O) groups is 2. The molecule has 3 saturated carbocycles. The van der Waals surface area contributed by atoms with Gasteiger partial charge in [0, 0.05) is 17.3 Å². The van der Waals surface area contributed by atoms with Crippen LogP contribution >= 0.6 is 0 Å². The highest BCUT2D eigenvalue weighted by atomic mass is 16.4. The molecule has 3 fully saturated rings. The van der Waals surface area contributed by atoms with Crippen molar-refractivity contribution in [3.05, 3.63) is 47.8 Å². The highest BCUT2D eigenvalue weighted by Gasteiger charge is 2.49. The normalized spacial score (nSPS) is 22.4. The number of hydrogen-bond donors (Lipinski definition) is 4. The zero-order chi connectivity index (χ0) is 25.3. The lowest BCUT2D eigenvalue weighted by atomic mass is 9.61. The fourth-order valence-electron chi connectivity index (χ4n) is 5.42. The molecule has 3 aliphatic carbocycles. The van der Waals surface area contributed by atoms with Gasteiger partial charge in [-0.3, -0.25) is 9.78 Å². The molecule has 3 aromatic rings. The average molecular weight is 485 g/mol. The Hall–Kier alpha value is -4.64. The smallest absolute Gasteiger partial charge is 0.405 e. The first-order chi connectivity index (χ1) is 17.4. The van der Waals surface area contributed by atoms with Crippen LogP contribution in [0.15, 0.2) is 36.7 Å². The minimum Gasteiger partial charge on any atom is -0.465 e. The molecule has 11 nitrogen and oxygen atoms in total. The SMILES string of the molecule is N#CCNC(=O)c1cnc(-c2ccc3cc(C#N)cnn23)cc1NC12CCC(NC(=O)O)(CC1)CC2. The van der Waals surface area contributed by atoms with Crippen LogP contribution in [0.3, 0.4) is 0 Å². The summed E-state index contributed by atoms with van der Waals surface area (Å²) >= 11 is 0. The lowest BCUT2D eigenvalue weighted by Crippen LogP contribution is -2.60. The number of nitrogens with zero attached hydrogens (tertiary/aromatic N) is 5. The van der Waals surface area contributed by atoms with Gasteiger partial charge >= 0.3 is 6.09 Å². The van der Waals surface area contributed by atoms with Gasteiger partial charge in [-0.25, -0.2) is 9.31 Å². The van der Waals surface area contributed by atoms with E-state index >= 15 is 0 Å². The van der Waals surface area contributed by atoms with Crippen molar-refractivity contribution in [1.82, 2.24) is 25.2 Å². The summed E-state index contributed by atoms with van der Waals surface area (Å²) in [6.45, 7) is -0.122. The molecule has 3 aliphatic rings. The Kier molecular flexibility index (Phi) is 5.69. The van der Waals surface area contributed by atoms with Crippen molar-refractivity contribution < 1.29 is 14.7 Å². The summed E-state index contributed by atoms with van der Waals surface area (Å²) in [4.78, 5) is 28.7. The van der Waals surface area contributed by atoms with Crippen molar-refractivity contribution in [3.63, 3.8) is 0 Å². The molecule has 0 aromatic carbocycles. The van der Waals surface area contributed by atoms with Gasteiger partial charge in [0.25, 0.3) is 5.91 Å². The second kappa shape index (κ2) is 8.86. The van der Waals surface area contributed by atoms with Crippen LogP contribution in [0.5, 0.6) is 0 Å². The van der Waals surface area contributed by atoms with Crippen molar-refractivity contribution in [2.45, 2.75) is 49.6 Å². The molecule has 6 rings (SSSR count). The second-order valence-electron chi connectivity index (χ2n) is 9.48. The van der Waals surface area contributed by atoms with Crippen LogP contribution in [-0.2, 0) is 0 Å². The van der Waals surface area contributed by atoms with Crippen LogP contribution < -0.4 is 16.0 Å².